The Balaban J connectivity index is 1.92. The molecule has 0 fully saturated rings. The van der Waals surface area contributed by atoms with Crippen molar-refractivity contribution in [2.75, 3.05) is 7.11 Å². The molecule has 0 aliphatic heterocycles. The van der Waals surface area contributed by atoms with E-state index in [-0.39, 0.29) is 0 Å². The Morgan fingerprint density at radius 1 is 1.05 bits per heavy atom. The molecule has 0 unspecified atom stereocenters. The fraction of sp³-hybridized carbons (Fsp3) is 0.105. The lowest BCUT2D eigenvalue weighted by Crippen LogP contribution is -1.86. The van der Waals surface area contributed by atoms with Gasteiger partial charge in [0.2, 0.25) is 0 Å². The molecule has 0 saturated heterocycles. The first-order valence-corrected chi connectivity index (χ1v) is 7.43. The number of hydrogen-bond acceptors (Lipinski definition) is 2. The van der Waals surface area contributed by atoms with Gasteiger partial charge in [-0.25, -0.2) is 4.98 Å². The summed E-state index contributed by atoms with van der Waals surface area (Å²) in [5.41, 5.74) is 4.16. The van der Waals surface area contributed by atoms with Gasteiger partial charge >= 0.3 is 0 Å². The van der Waals surface area contributed by atoms with Gasteiger partial charge in [-0.1, -0.05) is 48.0 Å². The number of methoxy groups -OCH3 is 1. The zero-order valence-corrected chi connectivity index (χ0v) is 13.3. The summed E-state index contributed by atoms with van der Waals surface area (Å²) in [4.78, 5) is 4.70. The summed E-state index contributed by atoms with van der Waals surface area (Å²) in [5, 5.41) is 1.76. The van der Waals surface area contributed by atoms with Crippen LogP contribution in [0.25, 0.3) is 23.1 Å². The van der Waals surface area contributed by atoms with Crippen LogP contribution in [0.5, 0.6) is 5.75 Å². The van der Waals surface area contributed by atoms with Gasteiger partial charge in [-0.15, -0.1) is 0 Å². The van der Waals surface area contributed by atoms with Crippen LogP contribution in [0.2, 0.25) is 5.02 Å². The highest BCUT2D eigenvalue weighted by molar-refractivity contribution is 6.32. The van der Waals surface area contributed by atoms with E-state index in [9.17, 15) is 0 Å². The monoisotopic (exact) mass is 309 g/mol. The maximum atomic E-state index is 6.14. The summed E-state index contributed by atoms with van der Waals surface area (Å²) in [6.07, 6.45) is 3.99. The van der Waals surface area contributed by atoms with Gasteiger partial charge in [0.25, 0.3) is 0 Å². The van der Waals surface area contributed by atoms with Crippen LogP contribution in [0.4, 0.5) is 0 Å². The molecule has 3 heteroatoms. The zero-order valence-electron chi connectivity index (χ0n) is 12.5. The standard InChI is InChI=1S/C19H16ClNO/c1-13-4-3-5-15-8-10-16(21-19(13)15)9-6-14-7-11-18(22-2)17(20)12-14/h3-12H,1-2H3/b9-6+. The predicted octanol–water partition coefficient (Wildman–Crippen LogP) is 5.38. The minimum absolute atomic E-state index is 0.604. The predicted molar refractivity (Wildman–Crippen MR) is 93.4 cm³/mol. The minimum atomic E-state index is 0.604. The van der Waals surface area contributed by atoms with Crippen LogP contribution in [-0.2, 0) is 0 Å². The normalized spacial score (nSPS) is 11.2. The van der Waals surface area contributed by atoms with Crippen molar-refractivity contribution in [3.05, 3.63) is 70.4 Å². The number of pyridine rings is 1. The summed E-state index contributed by atoms with van der Waals surface area (Å²) < 4.78 is 5.16. The first-order valence-electron chi connectivity index (χ1n) is 7.05. The van der Waals surface area contributed by atoms with Crippen molar-refractivity contribution in [2.24, 2.45) is 0 Å². The van der Waals surface area contributed by atoms with Crippen LogP contribution < -0.4 is 4.74 Å². The number of rotatable bonds is 3. The van der Waals surface area contributed by atoms with Gasteiger partial charge in [-0.3, -0.25) is 0 Å². The average Bonchev–Trinajstić information content (AvgIpc) is 2.53. The highest BCUT2D eigenvalue weighted by Crippen LogP contribution is 2.26. The molecule has 1 heterocycles. The number of para-hydroxylation sites is 1. The molecule has 0 radical (unpaired) electrons. The molecule has 2 nitrogen and oxygen atoms in total. The smallest absolute Gasteiger partial charge is 0.137 e. The Kier molecular flexibility index (Phi) is 4.12. The van der Waals surface area contributed by atoms with Gasteiger partial charge in [-0.05, 0) is 42.3 Å². The Hall–Kier alpha value is -2.32. The van der Waals surface area contributed by atoms with E-state index in [0.717, 1.165) is 22.2 Å². The molecule has 0 N–H and O–H groups in total. The number of fused-ring (bicyclic) bond motifs is 1. The highest BCUT2D eigenvalue weighted by atomic mass is 35.5. The number of aromatic nitrogens is 1. The first kappa shape index (κ1) is 14.6. The van der Waals surface area contributed by atoms with Gasteiger partial charge in [0.1, 0.15) is 5.75 Å². The van der Waals surface area contributed by atoms with E-state index in [0.29, 0.717) is 10.8 Å². The summed E-state index contributed by atoms with van der Waals surface area (Å²) in [5.74, 6) is 0.679. The number of aryl methyl sites for hydroxylation is 1. The van der Waals surface area contributed by atoms with Crippen molar-refractivity contribution in [1.82, 2.24) is 4.98 Å². The Labute approximate surface area is 135 Å². The van der Waals surface area contributed by atoms with Crippen molar-refractivity contribution in [1.29, 1.82) is 0 Å². The van der Waals surface area contributed by atoms with Crippen LogP contribution in [0.1, 0.15) is 16.8 Å². The van der Waals surface area contributed by atoms with Crippen molar-refractivity contribution >= 4 is 34.7 Å². The van der Waals surface area contributed by atoms with E-state index in [1.807, 2.05) is 42.5 Å². The molecule has 0 aliphatic carbocycles. The molecule has 0 saturated carbocycles. The minimum Gasteiger partial charge on any atom is -0.495 e. The number of benzene rings is 2. The largest absolute Gasteiger partial charge is 0.495 e. The van der Waals surface area contributed by atoms with E-state index in [1.165, 1.54) is 5.56 Å². The topological polar surface area (TPSA) is 22.1 Å². The van der Waals surface area contributed by atoms with Crippen molar-refractivity contribution in [3.8, 4) is 5.75 Å². The van der Waals surface area contributed by atoms with Crippen LogP contribution in [0.3, 0.4) is 0 Å². The third kappa shape index (κ3) is 2.97. The Morgan fingerprint density at radius 3 is 2.68 bits per heavy atom. The average molecular weight is 310 g/mol. The van der Waals surface area contributed by atoms with Gasteiger partial charge in [0.05, 0.1) is 23.3 Å². The summed E-state index contributed by atoms with van der Waals surface area (Å²) in [6.45, 7) is 2.08. The lowest BCUT2D eigenvalue weighted by atomic mass is 10.1. The van der Waals surface area contributed by atoms with Crippen LogP contribution in [-0.4, -0.2) is 12.1 Å². The Bertz CT molecular complexity index is 855. The molecule has 0 atom stereocenters. The molecular weight excluding hydrogens is 294 g/mol. The lowest BCUT2D eigenvalue weighted by molar-refractivity contribution is 0.415. The molecule has 2 aromatic carbocycles. The highest BCUT2D eigenvalue weighted by Gasteiger charge is 2.01. The van der Waals surface area contributed by atoms with E-state index in [1.54, 1.807) is 7.11 Å². The molecule has 0 bridgehead atoms. The summed E-state index contributed by atoms with van der Waals surface area (Å²) in [7, 11) is 1.61. The second-order valence-electron chi connectivity index (χ2n) is 5.11. The molecule has 0 amide bonds. The fourth-order valence-corrected chi connectivity index (χ4v) is 2.64. The summed E-state index contributed by atoms with van der Waals surface area (Å²) >= 11 is 6.14. The Morgan fingerprint density at radius 2 is 1.91 bits per heavy atom. The van der Waals surface area contributed by atoms with Gasteiger partial charge in [0.15, 0.2) is 0 Å². The molecule has 1 aromatic heterocycles. The van der Waals surface area contributed by atoms with Crippen molar-refractivity contribution in [2.45, 2.75) is 6.92 Å². The van der Waals surface area contributed by atoms with Crippen LogP contribution in [0, 0.1) is 6.92 Å². The maximum absolute atomic E-state index is 6.14. The van der Waals surface area contributed by atoms with Crippen LogP contribution >= 0.6 is 11.6 Å². The first-order chi connectivity index (χ1) is 10.7. The van der Waals surface area contributed by atoms with E-state index >= 15 is 0 Å². The number of halogens is 1. The summed E-state index contributed by atoms with van der Waals surface area (Å²) in [6, 6.07) is 16.0. The van der Waals surface area contributed by atoms with E-state index in [2.05, 4.69) is 25.1 Å². The molecular formula is C19H16ClNO. The van der Waals surface area contributed by atoms with Gasteiger partial charge in [0, 0.05) is 5.39 Å². The van der Waals surface area contributed by atoms with E-state index < -0.39 is 0 Å². The SMILES string of the molecule is COc1ccc(/C=C/c2ccc3cccc(C)c3n2)cc1Cl. The van der Waals surface area contributed by atoms with Gasteiger partial charge in [-0.2, -0.15) is 0 Å². The number of nitrogens with zero attached hydrogens (tertiary/aromatic N) is 1. The number of ether oxygens (including phenoxy) is 1. The molecule has 3 aromatic rings. The second kappa shape index (κ2) is 6.20. The number of hydrogen-bond donors (Lipinski definition) is 0. The lowest BCUT2D eigenvalue weighted by Gasteiger charge is -2.04. The third-order valence-corrected chi connectivity index (χ3v) is 3.86. The molecule has 110 valence electrons. The second-order valence-corrected chi connectivity index (χ2v) is 5.52. The van der Waals surface area contributed by atoms with Gasteiger partial charge < -0.3 is 4.74 Å². The fourth-order valence-electron chi connectivity index (χ4n) is 2.37. The zero-order chi connectivity index (χ0) is 15.5. The molecule has 0 spiro atoms. The van der Waals surface area contributed by atoms with Crippen molar-refractivity contribution < 1.29 is 4.74 Å². The maximum Gasteiger partial charge on any atom is 0.137 e. The molecule has 0 aliphatic rings. The van der Waals surface area contributed by atoms with Crippen molar-refractivity contribution in [3.63, 3.8) is 0 Å². The third-order valence-electron chi connectivity index (χ3n) is 3.57. The van der Waals surface area contributed by atoms with Crippen LogP contribution in [0.15, 0.2) is 48.5 Å². The van der Waals surface area contributed by atoms with E-state index in [4.69, 9.17) is 21.3 Å². The molecule has 3 rings (SSSR count). The quantitative estimate of drug-likeness (QED) is 0.648. The molecule has 22 heavy (non-hydrogen) atoms.